The van der Waals surface area contributed by atoms with Crippen molar-refractivity contribution in [1.82, 2.24) is 9.80 Å². The highest BCUT2D eigenvalue weighted by Crippen LogP contribution is 2.18. The molecule has 116 valence electrons. The van der Waals surface area contributed by atoms with E-state index in [-0.39, 0.29) is 17.8 Å². The van der Waals surface area contributed by atoms with Gasteiger partial charge in [0.05, 0.1) is 6.04 Å². The van der Waals surface area contributed by atoms with Crippen molar-refractivity contribution < 1.29 is 9.18 Å². The Labute approximate surface area is 126 Å². The quantitative estimate of drug-likeness (QED) is 0.852. The molecule has 1 saturated heterocycles. The Hall–Kier alpha value is -1.42. The first-order valence-corrected chi connectivity index (χ1v) is 7.71. The number of carbonyl (C=O) groups is 1. The summed E-state index contributed by atoms with van der Waals surface area (Å²) < 4.78 is 13.2. The lowest BCUT2D eigenvalue weighted by atomic mass is 9.98. The molecular weight excluding hydrogens is 267 g/mol. The van der Waals surface area contributed by atoms with Gasteiger partial charge in [0.2, 0.25) is 5.91 Å². The van der Waals surface area contributed by atoms with Crippen molar-refractivity contribution in [3.8, 4) is 0 Å². The van der Waals surface area contributed by atoms with Crippen LogP contribution >= 0.6 is 0 Å². The molecule has 1 aromatic rings. The molecule has 1 fully saturated rings. The number of rotatable bonds is 4. The van der Waals surface area contributed by atoms with Crippen LogP contribution < -0.4 is 0 Å². The van der Waals surface area contributed by atoms with E-state index in [9.17, 15) is 9.18 Å². The summed E-state index contributed by atoms with van der Waals surface area (Å²) in [7, 11) is 1.92. The molecule has 4 heteroatoms. The number of hydrogen-bond donors (Lipinski definition) is 0. The summed E-state index contributed by atoms with van der Waals surface area (Å²) in [6, 6.07) is 6.38. The largest absolute Gasteiger partial charge is 0.341 e. The number of halogens is 1. The van der Waals surface area contributed by atoms with Gasteiger partial charge in [-0.3, -0.25) is 9.69 Å². The molecule has 1 atom stereocenters. The Morgan fingerprint density at radius 2 is 2.10 bits per heavy atom. The zero-order valence-electron chi connectivity index (χ0n) is 13.2. The summed E-state index contributed by atoms with van der Waals surface area (Å²) in [6.45, 7) is 6.46. The highest BCUT2D eigenvalue weighted by molar-refractivity contribution is 5.81. The molecule has 0 aromatic heterocycles. The lowest BCUT2D eigenvalue weighted by Gasteiger charge is -2.34. The fourth-order valence-corrected chi connectivity index (χ4v) is 2.74. The molecule has 3 nitrogen and oxygen atoms in total. The Morgan fingerprint density at radius 3 is 2.71 bits per heavy atom. The van der Waals surface area contributed by atoms with Crippen molar-refractivity contribution >= 4 is 5.91 Å². The first-order valence-electron chi connectivity index (χ1n) is 7.71. The number of amides is 1. The molecule has 21 heavy (non-hydrogen) atoms. The molecule has 0 N–H and O–H groups in total. The Balaban J connectivity index is 1.92. The zero-order chi connectivity index (χ0) is 15.4. The zero-order valence-corrected chi connectivity index (χ0v) is 13.2. The third kappa shape index (κ3) is 4.27. The van der Waals surface area contributed by atoms with Crippen LogP contribution in [0.25, 0.3) is 0 Å². The van der Waals surface area contributed by atoms with E-state index in [4.69, 9.17) is 0 Å². The summed E-state index contributed by atoms with van der Waals surface area (Å²) in [5.74, 6) is 0.667. The molecule has 2 rings (SSSR count). The van der Waals surface area contributed by atoms with Crippen LogP contribution in [-0.2, 0) is 11.3 Å². The van der Waals surface area contributed by atoms with Crippen molar-refractivity contribution in [2.75, 3.05) is 20.1 Å². The summed E-state index contributed by atoms with van der Waals surface area (Å²) in [5, 5.41) is 0. The second-order valence-electron chi connectivity index (χ2n) is 6.23. The van der Waals surface area contributed by atoms with Crippen LogP contribution in [0, 0.1) is 11.7 Å². The number of carbonyl (C=O) groups excluding carboxylic acids is 1. The van der Waals surface area contributed by atoms with Crippen LogP contribution in [0.1, 0.15) is 32.3 Å². The molecule has 1 aliphatic rings. The van der Waals surface area contributed by atoms with Gasteiger partial charge >= 0.3 is 0 Å². The lowest BCUT2D eigenvalue weighted by Crippen LogP contribution is -2.48. The molecule has 1 aromatic carbocycles. The van der Waals surface area contributed by atoms with E-state index < -0.39 is 0 Å². The monoisotopic (exact) mass is 292 g/mol. The number of piperidine rings is 1. The van der Waals surface area contributed by atoms with Crippen molar-refractivity contribution in [3.63, 3.8) is 0 Å². The molecule has 0 saturated carbocycles. The molecule has 1 aliphatic heterocycles. The molecule has 1 amide bonds. The van der Waals surface area contributed by atoms with E-state index in [0.29, 0.717) is 6.54 Å². The SMILES string of the molecule is CC1CCN(C(=O)C(C)N(C)Cc2cccc(F)c2)CC1. The lowest BCUT2D eigenvalue weighted by molar-refractivity contribution is -0.137. The predicted octanol–water partition coefficient (Wildman–Crippen LogP) is 2.90. The van der Waals surface area contributed by atoms with Crippen molar-refractivity contribution in [1.29, 1.82) is 0 Å². The predicted molar refractivity (Wildman–Crippen MR) is 82.3 cm³/mol. The van der Waals surface area contributed by atoms with E-state index in [0.717, 1.165) is 37.4 Å². The smallest absolute Gasteiger partial charge is 0.239 e. The van der Waals surface area contributed by atoms with Crippen molar-refractivity contribution in [2.45, 2.75) is 39.3 Å². The standard InChI is InChI=1S/C17H25FN2O/c1-13-7-9-20(10-8-13)17(21)14(2)19(3)12-15-5-4-6-16(18)11-15/h4-6,11,13-14H,7-10,12H2,1-3H3. The minimum Gasteiger partial charge on any atom is -0.341 e. The van der Waals surface area contributed by atoms with Gasteiger partial charge < -0.3 is 4.90 Å². The van der Waals surface area contributed by atoms with Crippen LogP contribution in [0.5, 0.6) is 0 Å². The molecule has 0 aliphatic carbocycles. The summed E-state index contributed by atoms with van der Waals surface area (Å²) >= 11 is 0. The number of likely N-dealkylation sites (tertiary alicyclic amines) is 1. The van der Waals surface area contributed by atoms with E-state index in [1.807, 2.05) is 29.8 Å². The first-order chi connectivity index (χ1) is 9.97. The third-order valence-corrected chi connectivity index (χ3v) is 4.43. The molecule has 0 bridgehead atoms. The second-order valence-corrected chi connectivity index (χ2v) is 6.23. The molecule has 0 spiro atoms. The van der Waals surface area contributed by atoms with Gasteiger partial charge in [-0.1, -0.05) is 19.1 Å². The topological polar surface area (TPSA) is 23.6 Å². The van der Waals surface area contributed by atoms with Gasteiger partial charge in [0.15, 0.2) is 0 Å². The maximum atomic E-state index is 13.2. The minimum atomic E-state index is -0.232. The van der Waals surface area contributed by atoms with Gasteiger partial charge in [-0.05, 0) is 50.4 Å². The number of nitrogens with zero attached hydrogens (tertiary/aromatic N) is 2. The van der Waals surface area contributed by atoms with Crippen LogP contribution in [0.4, 0.5) is 4.39 Å². The highest BCUT2D eigenvalue weighted by atomic mass is 19.1. The average Bonchev–Trinajstić information content (AvgIpc) is 2.46. The van der Waals surface area contributed by atoms with E-state index in [1.165, 1.54) is 12.1 Å². The molecule has 1 heterocycles. The van der Waals surface area contributed by atoms with Gasteiger partial charge in [0.1, 0.15) is 5.82 Å². The number of benzene rings is 1. The van der Waals surface area contributed by atoms with Crippen LogP contribution in [0.3, 0.4) is 0 Å². The van der Waals surface area contributed by atoms with Gasteiger partial charge in [-0.15, -0.1) is 0 Å². The maximum Gasteiger partial charge on any atom is 0.239 e. The van der Waals surface area contributed by atoms with Gasteiger partial charge in [-0.25, -0.2) is 4.39 Å². The number of likely N-dealkylation sites (N-methyl/N-ethyl adjacent to an activating group) is 1. The molecule has 0 radical (unpaired) electrons. The molecule has 1 unspecified atom stereocenters. The third-order valence-electron chi connectivity index (χ3n) is 4.43. The average molecular weight is 292 g/mol. The van der Waals surface area contributed by atoms with E-state index >= 15 is 0 Å². The van der Waals surface area contributed by atoms with Gasteiger partial charge in [-0.2, -0.15) is 0 Å². The van der Waals surface area contributed by atoms with Gasteiger partial charge in [0.25, 0.3) is 0 Å². The fourth-order valence-electron chi connectivity index (χ4n) is 2.74. The summed E-state index contributed by atoms with van der Waals surface area (Å²) in [4.78, 5) is 16.5. The van der Waals surface area contributed by atoms with Crippen LogP contribution in [0.2, 0.25) is 0 Å². The Kier molecular flexibility index (Phi) is 5.34. The van der Waals surface area contributed by atoms with Crippen molar-refractivity contribution in [2.24, 2.45) is 5.92 Å². The normalized spacial score (nSPS) is 18.0. The second kappa shape index (κ2) is 7.03. The minimum absolute atomic E-state index is 0.179. The van der Waals surface area contributed by atoms with Crippen LogP contribution in [0.15, 0.2) is 24.3 Å². The maximum absolute atomic E-state index is 13.2. The molecular formula is C17H25FN2O. The van der Waals surface area contributed by atoms with Crippen molar-refractivity contribution in [3.05, 3.63) is 35.6 Å². The van der Waals surface area contributed by atoms with Gasteiger partial charge in [0, 0.05) is 19.6 Å². The Morgan fingerprint density at radius 1 is 1.43 bits per heavy atom. The first kappa shape index (κ1) is 16.0. The number of hydrogen-bond acceptors (Lipinski definition) is 2. The highest BCUT2D eigenvalue weighted by Gasteiger charge is 2.26. The van der Waals surface area contributed by atoms with E-state index in [2.05, 4.69) is 6.92 Å². The van der Waals surface area contributed by atoms with Crippen LogP contribution in [-0.4, -0.2) is 41.9 Å². The summed E-state index contributed by atoms with van der Waals surface area (Å²) in [6.07, 6.45) is 2.18. The Bertz CT molecular complexity index is 483. The van der Waals surface area contributed by atoms with E-state index in [1.54, 1.807) is 6.07 Å². The summed E-state index contributed by atoms with van der Waals surface area (Å²) in [5.41, 5.74) is 0.893. The fraction of sp³-hybridized carbons (Fsp3) is 0.588.